The number of hydrogen-bond donors (Lipinski definition) is 3. The molecule has 0 saturated carbocycles. The van der Waals surface area contributed by atoms with Gasteiger partial charge in [0.2, 0.25) is 5.82 Å². The highest BCUT2D eigenvalue weighted by molar-refractivity contribution is 5.79. The van der Waals surface area contributed by atoms with Gasteiger partial charge in [0.1, 0.15) is 5.82 Å². The lowest BCUT2D eigenvalue weighted by atomic mass is 10.1. The smallest absolute Gasteiger partial charge is 0.330 e. The Bertz CT molecular complexity index is 675. The molecule has 108 valence electrons. The molecule has 4 N–H and O–H groups in total. The molecule has 0 radical (unpaired) electrons. The molecule has 0 aliphatic heterocycles. The lowest BCUT2D eigenvalue weighted by Gasteiger charge is -2.15. The van der Waals surface area contributed by atoms with Crippen LogP contribution in [-0.4, -0.2) is 21.0 Å². The van der Waals surface area contributed by atoms with Crippen LogP contribution >= 0.6 is 0 Å². The fourth-order valence-corrected chi connectivity index (χ4v) is 1.78. The van der Waals surface area contributed by atoms with Crippen molar-refractivity contribution in [2.75, 3.05) is 11.1 Å². The second-order valence-electron chi connectivity index (χ2n) is 4.18. The van der Waals surface area contributed by atoms with Crippen LogP contribution in [0.1, 0.15) is 11.6 Å². The van der Waals surface area contributed by atoms with Crippen molar-refractivity contribution in [1.82, 2.24) is 4.98 Å². The van der Waals surface area contributed by atoms with Crippen LogP contribution in [0.4, 0.5) is 17.3 Å². The zero-order chi connectivity index (χ0) is 15.4. The quantitative estimate of drug-likeness (QED) is 0.564. The number of hydrogen-bond acceptors (Lipinski definition) is 6. The second kappa shape index (κ2) is 5.87. The minimum absolute atomic E-state index is 0.148. The summed E-state index contributed by atoms with van der Waals surface area (Å²) in [5.74, 6) is -1.23. The Kier molecular flexibility index (Phi) is 3.98. The zero-order valence-electron chi connectivity index (χ0n) is 10.8. The Labute approximate surface area is 119 Å². The number of benzene rings is 1. The number of aliphatic carboxylic acids is 1. The number of anilines is 2. The lowest BCUT2D eigenvalue weighted by Crippen LogP contribution is -2.21. The number of aromatic nitrogens is 1. The molecule has 2 aromatic rings. The predicted molar refractivity (Wildman–Crippen MR) is 75.7 cm³/mol. The van der Waals surface area contributed by atoms with Gasteiger partial charge in [0.25, 0.3) is 0 Å². The van der Waals surface area contributed by atoms with Gasteiger partial charge in [-0.25, -0.2) is 9.78 Å². The first-order chi connectivity index (χ1) is 9.99. The lowest BCUT2D eigenvalue weighted by molar-refractivity contribution is -0.384. The van der Waals surface area contributed by atoms with Gasteiger partial charge < -0.3 is 16.2 Å². The van der Waals surface area contributed by atoms with Crippen LogP contribution in [0.25, 0.3) is 0 Å². The molecular formula is C13H12N4O4. The number of rotatable bonds is 5. The summed E-state index contributed by atoms with van der Waals surface area (Å²) in [4.78, 5) is 25.1. The first kappa shape index (κ1) is 14.3. The summed E-state index contributed by atoms with van der Waals surface area (Å²) in [6.45, 7) is 0. The van der Waals surface area contributed by atoms with Crippen molar-refractivity contribution in [3.05, 3.63) is 58.1 Å². The van der Waals surface area contributed by atoms with Crippen LogP contribution in [0.3, 0.4) is 0 Å². The fourth-order valence-electron chi connectivity index (χ4n) is 1.78. The van der Waals surface area contributed by atoms with Gasteiger partial charge in [-0.2, -0.15) is 0 Å². The minimum atomic E-state index is -1.10. The van der Waals surface area contributed by atoms with Crippen molar-refractivity contribution < 1.29 is 14.8 Å². The molecule has 1 aromatic carbocycles. The van der Waals surface area contributed by atoms with Crippen molar-refractivity contribution >= 4 is 23.3 Å². The van der Waals surface area contributed by atoms with E-state index >= 15 is 0 Å². The van der Waals surface area contributed by atoms with Crippen LogP contribution in [0.5, 0.6) is 0 Å². The summed E-state index contributed by atoms with van der Waals surface area (Å²) in [5, 5.41) is 22.6. The molecule has 1 atom stereocenters. The normalized spacial score (nSPS) is 11.6. The number of nitrogen functional groups attached to an aromatic ring is 1. The highest BCUT2D eigenvalue weighted by atomic mass is 16.6. The Morgan fingerprint density at radius 1 is 1.29 bits per heavy atom. The van der Waals surface area contributed by atoms with Crippen LogP contribution in [0.2, 0.25) is 0 Å². The Morgan fingerprint density at radius 3 is 2.48 bits per heavy atom. The third-order valence-electron chi connectivity index (χ3n) is 2.77. The average molecular weight is 288 g/mol. The van der Waals surface area contributed by atoms with Gasteiger partial charge in [0.05, 0.1) is 4.92 Å². The SMILES string of the molecule is Nc1nc(NC(C(=O)O)c2ccccc2)ccc1[N+](=O)[O-]. The number of nitro groups is 1. The van der Waals surface area contributed by atoms with Crippen LogP contribution in [-0.2, 0) is 4.79 Å². The van der Waals surface area contributed by atoms with Crippen molar-refractivity contribution in [3.63, 3.8) is 0 Å². The molecule has 0 fully saturated rings. The van der Waals surface area contributed by atoms with E-state index in [1.807, 2.05) is 0 Å². The van der Waals surface area contributed by atoms with Gasteiger partial charge in [0.15, 0.2) is 6.04 Å². The van der Waals surface area contributed by atoms with Gasteiger partial charge in [-0.1, -0.05) is 30.3 Å². The van der Waals surface area contributed by atoms with E-state index in [0.717, 1.165) is 0 Å². The largest absolute Gasteiger partial charge is 0.479 e. The molecule has 21 heavy (non-hydrogen) atoms. The highest BCUT2D eigenvalue weighted by Crippen LogP contribution is 2.24. The molecule has 8 nitrogen and oxygen atoms in total. The number of nitrogens with one attached hydrogen (secondary N) is 1. The van der Waals surface area contributed by atoms with Gasteiger partial charge in [-0.3, -0.25) is 10.1 Å². The molecule has 2 rings (SSSR count). The topological polar surface area (TPSA) is 131 Å². The molecular weight excluding hydrogens is 276 g/mol. The molecule has 8 heteroatoms. The molecule has 0 spiro atoms. The predicted octanol–water partition coefficient (Wildman–Crippen LogP) is 1.81. The Hall–Kier alpha value is -3.16. The van der Waals surface area contributed by atoms with Gasteiger partial charge in [-0.05, 0) is 11.6 Å². The van der Waals surface area contributed by atoms with Gasteiger partial charge in [-0.15, -0.1) is 0 Å². The highest BCUT2D eigenvalue weighted by Gasteiger charge is 2.21. The summed E-state index contributed by atoms with van der Waals surface area (Å²) in [6, 6.07) is 9.96. The Morgan fingerprint density at radius 2 is 1.95 bits per heavy atom. The second-order valence-corrected chi connectivity index (χ2v) is 4.18. The molecule has 1 aromatic heterocycles. The fraction of sp³-hybridized carbons (Fsp3) is 0.0769. The standard InChI is InChI=1S/C13H12N4O4/c14-12-9(17(20)21)6-7-10(16-12)15-11(13(18)19)8-4-2-1-3-5-8/h1-7,11H,(H,18,19)(H3,14,15,16). The molecule has 0 aliphatic rings. The maximum Gasteiger partial charge on any atom is 0.330 e. The zero-order valence-corrected chi connectivity index (χ0v) is 10.8. The molecule has 0 amide bonds. The summed E-state index contributed by atoms with van der Waals surface area (Å²) >= 11 is 0. The van der Waals surface area contributed by atoms with Crippen LogP contribution < -0.4 is 11.1 Å². The number of nitrogens with two attached hydrogens (primary N) is 1. The number of carbonyl (C=O) groups is 1. The Balaban J connectivity index is 2.28. The van der Waals surface area contributed by atoms with Gasteiger partial charge in [0, 0.05) is 6.07 Å². The van der Waals surface area contributed by atoms with E-state index in [1.165, 1.54) is 12.1 Å². The van der Waals surface area contributed by atoms with Crippen LogP contribution in [0.15, 0.2) is 42.5 Å². The van der Waals surface area contributed by atoms with E-state index in [1.54, 1.807) is 30.3 Å². The third kappa shape index (κ3) is 3.24. The summed E-state index contributed by atoms with van der Waals surface area (Å²) in [6.07, 6.45) is 0. The first-order valence-electron chi connectivity index (χ1n) is 5.94. The van der Waals surface area contributed by atoms with E-state index in [0.29, 0.717) is 5.56 Å². The number of carboxylic acid groups (broad SMARTS) is 1. The molecule has 0 saturated heterocycles. The summed E-state index contributed by atoms with van der Waals surface area (Å²) < 4.78 is 0. The minimum Gasteiger partial charge on any atom is -0.479 e. The first-order valence-corrected chi connectivity index (χ1v) is 5.94. The van der Waals surface area contributed by atoms with Crippen molar-refractivity contribution in [2.45, 2.75) is 6.04 Å². The van der Waals surface area contributed by atoms with Crippen molar-refractivity contribution in [1.29, 1.82) is 0 Å². The van der Waals surface area contributed by atoms with Crippen LogP contribution in [0, 0.1) is 10.1 Å². The van der Waals surface area contributed by atoms with E-state index < -0.39 is 16.9 Å². The molecule has 1 heterocycles. The van der Waals surface area contributed by atoms with Crippen molar-refractivity contribution in [2.24, 2.45) is 0 Å². The maximum atomic E-state index is 11.3. The summed E-state index contributed by atoms with van der Waals surface area (Å²) in [7, 11) is 0. The average Bonchev–Trinajstić information content (AvgIpc) is 2.45. The molecule has 0 bridgehead atoms. The molecule has 0 aliphatic carbocycles. The number of carboxylic acids is 1. The maximum absolute atomic E-state index is 11.3. The van der Waals surface area contributed by atoms with E-state index in [-0.39, 0.29) is 17.3 Å². The summed E-state index contributed by atoms with van der Waals surface area (Å²) in [5.41, 5.74) is 5.68. The third-order valence-corrected chi connectivity index (χ3v) is 2.77. The van der Waals surface area contributed by atoms with Crippen molar-refractivity contribution in [3.8, 4) is 0 Å². The van der Waals surface area contributed by atoms with E-state index in [2.05, 4.69) is 10.3 Å². The number of pyridine rings is 1. The number of nitrogens with zero attached hydrogens (tertiary/aromatic N) is 2. The molecule has 1 unspecified atom stereocenters. The monoisotopic (exact) mass is 288 g/mol. The van der Waals surface area contributed by atoms with Gasteiger partial charge >= 0.3 is 11.7 Å². The van der Waals surface area contributed by atoms with E-state index in [9.17, 15) is 20.0 Å². The van der Waals surface area contributed by atoms with E-state index in [4.69, 9.17) is 5.73 Å².